The number of thiazole rings is 1. The number of ether oxygens (including phenoxy) is 2. The number of aromatic nitrogens is 1. The predicted molar refractivity (Wildman–Crippen MR) is 113 cm³/mol. The van der Waals surface area contributed by atoms with Crippen LogP contribution in [0, 0.1) is 11.3 Å². The van der Waals surface area contributed by atoms with E-state index in [9.17, 15) is 4.79 Å². The number of allylic oxidation sites excluding steroid dienone is 1. The minimum atomic E-state index is -0.317. The van der Waals surface area contributed by atoms with Gasteiger partial charge in [0.2, 0.25) is 0 Å². The van der Waals surface area contributed by atoms with Crippen molar-refractivity contribution < 1.29 is 14.3 Å². The number of rotatable bonds is 8. The second-order valence-corrected chi connectivity index (χ2v) is 6.90. The number of methoxy groups -OCH3 is 1. The molecule has 146 valence electrons. The van der Waals surface area contributed by atoms with Crippen LogP contribution in [0.25, 0.3) is 11.3 Å². The van der Waals surface area contributed by atoms with Gasteiger partial charge in [-0.1, -0.05) is 24.3 Å². The lowest BCUT2D eigenvalue weighted by Crippen LogP contribution is -2.20. The van der Waals surface area contributed by atoms with E-state index >= 15 is 0 Å². The summed E-state index contributed by atoms with van der Waals surface area (Å²) in [6, 6.07) is 14.7. The van der Waals surface area contributed by atoms with E-state index in [0.717, 1.165) is 23.2 Å². The maximum Gasteiger partial charge on any atom is 0.264 e. The van der Waals surface area contributed by atoms with Gasteiger partial charge in [-0.25, -0.2) is 4.98 Å². The number of nitriles is 1. The van der Waals surface area contributed by atoms with Crippen LogP contribution in [0.1, 0.15) is 11.1 Å². The smallest absolute Gasteiger partial charge is 0.264 e. The highest BCUT2D eigenvalue weighted by atomic mass is 32.1. The predicted octanol–water partition coefficient (Wildman–Crippen LogP) is 4.44. The molecule has 1 amide bonds. The zero-order valence-electron chi connectivity index (χ0n) is 15.8. The Hall–Kier alpha value is -3.63. The Morgan fingerprint density at radius 3 is 2.76 bits per heavy atom. The normalized spacial score (nSPS) is 10.1. The van der Waals surface area contributed by atoms with Gasteiger partial charge >= 0.3 is 0 Å². The average molecular weight is 405 g/mol. The zero-order chi connectivity index (χ0) is 20.6. The molecule has 2 aromatic carbocycles. The number of nitrogens with one attached hydrogen (secondary N) is 1. The van der Waals surface area contributed by atoms with Crippen molar-refractivity contribution in [3.63, 3.8) is 0 Å². The van der Waals surface area contributed by atoms with E-state index < -0.39 is 0 Å². The summed E-state index contributed by atoms with van der Waals surface area (Å²) < 4.78 is 10.9. The van der Waals surface area contributed by atoms with Crippen LogP contribution in [0.3, 0.4) is 0 Å². The van der Waals surface area contributed by atoms with Gasteiger partial charge in [-0.05, 0) is 36.2 Å². The summed E-state index contributed by atoms with van der Waals surface area (Å²) in [5.41, 5.74) is 3.24. The van der Waals surface area contributed by atoms with E-state index in [0.29, 0.717) is 22.2 Å². The second-order valence-electron chi connectivity index (χ2n) is 6.04. The van der Waals surface area contributed by atoms with Gasteiger partial charge in [-0.15, -0.1) is 17.9 Å². The van der Waals surface area contributed by atoms with Crippen LogP contribution in [0.5, 0.6) is 11.5 Å². The van der Waals surface area contributed by atoms with E-state index in [1.165, 1.54) is 11.3 Å². The molecule has 0 atom stereocenters. The first-order chi connectivity index (χ1) is 14.1. The number of benzene rings is 2. The molecule has 0 saturated heterocycles. The standard InChI is InChI=1S/C22H19N3O3S/c1-3-4-15-7-10-19(20(11-15)27-2)28-13-21(26)25-22-24-18(14-29-22)17-8-5-16(12-23)6-9-17/h3,5-11,14H,1,4,13H2,2H3,(H,24,25,26). The van der Waals surface area contributed by atoms with Crippen LogP contribution in [0.2, 0.25) is 0 Å². The molecule has 0 saturated carbocycles. The van der Waals surface area contributed by atoms with Gasteiger partial charge in [0, 0.05) is 10.9 Å². The largest absolute Gasteiger partial charge is 0.493 e. The number of amides is 1. The Balaban J connectivity index is 1.59. The van der Waals surface area contributed by atoms with E-state index in [1.807, 2.05) is 35.7 Å². The van der Waals surface area contributed by atoms with E-state index in [2.05, 4.69) is 22.9 Å². The molecule has 0 aliphatic rings. The molecule has 0 aliphatic heterocycles. The van der Waals surface area contributed by atoms with Crippen molar-refractivity contribution in [1.82, 2.24) is 4.98 Å². The molecule has 1 N–H and O–H groups in total. The molecule has 6 nitrogen and oxygen atoms in total. The highest BCUT2D eigenvalue weighted by Gasteiger charge is 2.11. The topological polar surface area (TPSA) is 84.2 Å². The van der Waals surface area contributed by atoms with Gasteiger partial charge in [0.15, 0.2) is 23.2 Å². The summed E-state index contributed by atoms with van der Waals surface area (Å²) in [6.07, 6.45) is 2.53. The molecular weight excluding hydrogens is 386 g/mol. The Morgan fingerprint density at radius 2 is 2.07 bits per heavy atom. The molecule has 0 fully saturated rings. The van der Waals surface area contributed by atoms with Crippen LogP contribution >= 0.6 is 11.3 Å². The van der Waals surface area contributed by atoms with Crippen molar-refractivity contribution in [1.29, 1.82) is 5.26 Å². The summed E-state index contributed by atoms with van der Waals surface area (Å²) in [4.78, 5) is 16.6. The Labute approximate surface area is 173 Å². The SMILES string of the molecule is C=CCc1ccc(OCC(=O)Nc2nc(-c3ccc(C#N)cc3)cs2)c(OC)c1. The maximum atomic E-state index is 12.2. The average Bonchev–Trinajstić information content (AvgIpc) is 3.21. The van der Waals surface area contributed by atoms with E-state index in [1.54, 1.807) is 25.3 Å². The van der Waals surface area contributed by atoms with Gasteiger partial charge in [0.05, 0.1) is 24.4 Å². The molecular formula is C22H19N3O3S. The number of nitrogens with zero attached hydrogens (tertiary/aromatic N) is 2. The molecule has 0 bridgehead atoms. The van der Waals surface area contributed by atoms with Crippen LogP contribution in [-0.2, 0) is 11.2 Å². The molecule has 0 aliphatic carbocycles. The molecule has 0 unspecified atom stereocenters. The zero-order valence-corrected chi connectivity index (χ0v) is 16.7. The molecule has 7 heteroatoms. The van der Waals surface area contributed by atoms with Crippen molar-refractivity contribution >= 4 is 22.4 Å². The van der Waals surface area contributed by atoms with Gasteiger partial charge < -0.3 is 9.47 Å². The summed E-state index contributed by atoms with van der Waals surface area (Å²) in [6.45, 7) is 3.56. The van der Waals surface area contributed by atoms with Crippen LogP contribution in [0.15, 0.2) is 60.5 Å². The molecule has 0 radical (unpaired) electrons. The fraction of sp³-hybridized carbons (Fsp3) is 0.136. The Morgan fingerprint density at radius 1 is 1.28 bits per heavy atom. The first kappa shape index (κ1) is 20.1. The molecule has 3 rings (SSSR count). The van der Waals surface area contributed by atoms with Gasteiger partial charge in [-0.3, -0.25) is 10.1 Å². The molecule has 1 heterocycles. The van der Waals surface area contributed by atoms with Gasteiger partial charge in [0.25, 0.3) is 5.91 Å². The minimum Gasteiger partial charge on any atom is -0.493 e. The summed E-state index contributed by atoms with van der Waals surface area (Å²) in [5, 5.41) is 13.9. The molecule has 1 aromatic heterocycles. The molecule has 29 heavy (non-hydrogen) atoms. The summed E-state index contributed by atoms with van der Waals surface area (Å²) in [7, 11) is 1.56. The van der Waals surface area contributed by atoms with Crippen molar-refractivity contribution in [2.45, 2.75) is 6.42 Å². The van der Waals surface area contributed by atoms with Crippen molar-refractivity contribution in [3.8, 4) is 28.8 Å². The lowest BCUT2D eigenvalue weighted by molar-refractivity contribution is -0.118. The Kier molecular flexibility index (Phi) is 6.61. The number of carbonyl (C=O) groups excluding carboxylic acids is 1. The third kappa shape index (κ3) is 5.21. The fourth-order valence-corrected chi connectivity index (χ4v) is 3.34. The highest BCUT2D eigenvalue weighted by molar-refractivity contribution is 7.14. The molecule has 0 spiro atoms. The van der Waals surface area contributed by atoms with Gasteiger partial charge in [-0.2, -0.15) is 5.26 Å². The van der Waals surface area contributed by atoms with Crippen LogP contribution in [0.4, 0.5) is 5.13 Å². The van der Waals surface area contributed by atoms with Crippen molar-refractivity contribution in [2.75, 3.05) is 19.0 Å². The van der Waals surface area contributed by atoms with E-state index in [4.69, 9.17) is 14.7 Å². The lowest BCUT2D eigenvalue weighted by Gasteiger charge is -2.11. The Bertz CT molecular complexity index is 1050. The third-order valence-electron chi connectivity index (χ3n) is 4.03. The van der Waals surface area contributed by atoms with Crippen LogP contribution in [-0.4, -0.2) is 24.6 Å². The fourth-order valence-electron chi connectivity index (χ4n) is 2.60. The number of anilines is 1. The van der Waals surface area contributed by atoms with Crippen molar-refractivity contribution in [3.05, 3.63) is 71.6 Å². The molecule has 3 aromatic rings. The minimum absolute atomic E-state index is 0.164. The van der Waals surface area contributed by atoms with Crippen LogP contribution < -0.4 is 14.8 Å². The first-order valence-corrected chi connectivity index (χ1v) is 9.67. The number of carbonyl (C=O) groups is 1. The maximum absolute atomic E-state index is 12.2. The number of hydrogen-bond acceptors (Lipinski definition) is 6. The quantitative estimate of drug-likeness (QED) is 0.560. The highest BCUT2D eigenvalue weighted by Crippen LogP contribution is 2.29. The summed E-state index contributed by atoms with van der Waals surface area (Å²) >= 11 is 1.32. The lowest BCUT2D eigenvalue weighted by atomic mass is 10.1. The summed E-state index contributed by atoms with van der Waals surface area (Å²) in [5.74, 6) is 0.741. The second kappa shape index (κ2) is 9.53. The van der Waals surface area contributed by atoms with E-state index in [-0.39, 0.29) is 12.5 Å². The van der Waals surface area contributed by atoms with Gasteiger partial charge in [0.1, 0.15) is 0 Å². The monoisotopic (exact) mass is 405 g/mol. The first-order valence-electron chi connectivity index (χ1n) is 8.79. The van der Waals surface area contributed by atoms with Crippen molar-refractivity contribution in [2.24, 2.45) is 0 Å². The number of hydrogen-bond donors (Lipinski definition) is 1. The third-order valence-corrected chi connectivity index (χ3v) is 4.78.